The van der Waals surface area contributed by atoms with Crippen molar-refractivity contribution in [1.29, 1.82) is 5.26 Å². The van der Waals surface area contributed by atoms with E-state index >= 15 is 4.39 Å². The lowest BCUT2D eigenvalue weighted by Gasteiger charge is -2.37. The summed E-state index contributed by atoms with van der Waals surface area (Å²) >= 11 is 0. The summed E-state index contributed by atoms with van der Waals surface area (Å²) < 4.78 is 40.9. The van der Waals surface area contributed by atoms with E-state index in [1.807, 2.05) is 6.07 Å². The number of hydrogen-bond donors (Lipinski definition) is 2. The second-order valence-corrected chi connectivity index (χ2v) is 13.5. The number of likely N-dealkylation sites (N-methyl/N-ethyl adjacent to an activating group) is 1. The Morgan fingerprint density at radius 1 is 1.16 bits per heavy atom. The van der Waals surface area contributed by atoms with Crippen LogP contribution in [0.1, 0.15) is 55.5 Å². The summed E-state index contributed by atoms with van der Waals surface area (Å²) in [5.74, 6) is 0.224. The fourth-order valence-electron chi connectivity index (χ4n) is 8.47. The maximum Gasteiger partial charge on any atom is 0.223 e. The van der Waals surface area contributed by atoms with Crippen molar-refractivity contribution in [3.05, 3.63) is 58.9 Å². The van der Waals surface area contributed by atoms with Crippen LogP contribution in [0.4, 0.5) is 8.78 Å². The Balaban J connectivity index is 1.40. The molecule has 4 aliphatic rings. The van der Waals surface area contributed by atoms with Crippen molar-refractivity contribution < 1.29 is 13.5 Å². The lowest BCUT2D eigenvalue weighted by atomic mass is 9.79. The van der Waals surface area contributed by atoms with Crippen molar-refractivity contribution in [2.75, 3.05) is 20.1 Å². The number of aryl methyl sites for hydroxylation is 3. The first-order valence-corrected chi connectivity index (χ1v) is 16.2. The molecule has 2 bridgehead atoms. The van der Waals surface area contributed by atoms with Crippen LogP contribution in [-0.2, 0) is 6.42 Å². The van der Waals surface area contributed by atoms with E-state index < -0.39 is 5.82 Å². The highest BCUT2D eigenvalue weighted by molar-refractivity contribution is 6.09. The van der Waals surface area contributed by atoms with Crippen molar-refractivity contribution in [2.24, 2.45) is 5.92 Å². The first kappa shape index (κ1) is 28.5. The fourth-order valence-corrected chi connectivity index (χ4v) is 8.47. The molecule has 3 aliphatic heterocycles. The maximum absolute atomic E-state index is 17.3. The van der Waals surface area contributed by atoms with E-state index in [-0.39, 0.29) is 35.9 Å². The molecule has 1 saturated carbocycles. The number of pyridine rings is 1. The molecule has 5 aromatic rings. The third-order valence-electron chi connectivity index (χ3n) is 10.8. The van der Waals surface area contributed by atoms with E-state index in [0.29, 0.717) is 46.5 Å². The van der Waals surface area contributed by atoms with Gasteiger partial charge in [0.05, 0.1) is 23.0 Å². The maximum atomic E-state index is 17.3. The molecule has 45 heavy (non-hydrogen) atoms. The molecule has 0 spiro atoms. The molecule has 3 saturated heterocycles. The van der Waals surface area contributed by atoms with Crippen LogP contribution in [0, 0.1) is 42.7 Å². The standard InChI is InChI=1S/C36H38F2N6O/c1-18-11-23-26(17-41-28(23)15-27(18)37)31-21(7-5-9-39)13-24-33(32(31)38)42-36(45-20(3)30-8-6-10-43(30)4)25-12-19(2)44(35(24)25)34-22-14-29(34)40-16-22/h11-13,15,17,20,22,29-30,34,40-41H,5-8,10,14,16H2,1-4H3/t20-,22+,29+,30-,34-/m0/s1. The van der Waals surface area contributed by atoms with E-state index in [2.05, 4.69) is 52.8 Å². The first-order valence-electron chi connectivity index (χ1n) is 16.2. The highest BCUT2D eigenvalue weighted by atomic mass is 19.1. The van der Waals surface area contributed by atoms with E-state index in [9.17, 15) is 9.65 Å². The fraction of sp³-hybridized carbons (Fsp3) is 0.444. The van der Waals surface area contributed by atoms with Crippen LogP contribution in [0.2, 0.25) is 0 Å². The number of fused-ring (bicyclic) bond motifs is 5. The van der Waals surface area contributed by atoms with Gasteiger partial charge in [-0.1, -0.05) is 0 Å². The SMILES string of the molecule is Cc1cc2c(-c3c(CCC#N)cc4c(nc(O[C@@H](C)[C@@H]5CCCN5C)c5cc(C)n([C@H]6[C@H]7CN[C@@H]6C7)c54)c3F)c[nH]c2cc1F. The van der Waals surface area contributed by atoms with Gasteiger partial charge in [-0.2, -0.15) is 5.26 Å². The molecule has 4 fully saturated rings. The predicted octanol–water partition coefficient (Wildman–Crippen LogP) is 7.08. The Morgan fingerprint density at radius 3 is 2.71 bits per heavy atom. The van der Waals surface area contributed by atoms with Gasteiger partial charge < -0.3 is 19.6 Å². The lowest BCUT2D eigenvalue weighted by molar-refractivity contribution is 0.119. The van der Waals surface area contributed by atoms with Crippen molar-refractivity contribution in [3.63, 3.8) is 0 Å². The van der Waals surface area contributed by atoms with E-state index in [1.54, 1.807) is 19.2 Å². The minimum atomic E-state index is -0.444. The molecular formula is C36H38F2N6O. The van der Waals surface area contributed by atoms with Crippen LogP contribution in [0.5, 0.6) is 5.88 Å². The Labute approximate surface area is 261 Å². The molecule has 0 radical (unpaired) electrons. The van der Waals surface area contributed by atoms with Gasteiger partial charge in [-0.3, -0.25) is 4.90 Å². The van der Waals surface area contributed by atoms with Gasteiger partial charge in [0.2, 0.25) is 5.88 Å². The number of halogens is 2. The summed E-state index contributed by atoms with van der Waals surface area (Å²) in [6, 6.07) is 10.6. The Bertz CT molecular complexity index is 2030. The van der Waals surface area contributed by atoms with Gasteiger partial charge in [-0.15, -0.1) is 0 Å². The number of nitriles is 1. The number of rotatable bonds is 7. The van der Waals surface area contributed by atoms with Crippen molar-refractivity contribution in [1.82, 2.24) is 24.8 Å². The zero-order valence-electron chi connectivity index (χ0n) is 26.2. The largest absolute Gasteiger partial charge is 0.472 e. The molecule has 2 aromatic carbocycles. The molecule has 5 atom stereocenters. The average Bonchev–Trinajstić information content (AvgIpc) is 3.84. The van der Waals surface area contributed by atoms with Crippen LogP contribution >= 0.6 is 0 Å². The average molecular weight is 609 g/mol. The van der Waals surface area contributed by atoms with Gasteiger partial charge in [0.1, 0.15) is 17.4 Å². The number of benzene rings is 2. The van der Waals surface area contributed by atoms with E-state index in [0.717, 1.165) is 65.3 Å². The minimum Gasteiger partial charge on any atom is -0.472 e. The number of aromatic nitrogens is 3. The van der Waals surface area contributed by atoms with E-state index in [4.69, 9.17) is 9.72 Å². The Kier molecular flexibility index (Phi) is 6.66. The zero-order valence-corrected chi connectivity index (χ0v) is 26.2. The smallest absolute Gasteiger partial charge is 0.223 e. The highest BCUT2D eigenvalue weighted by Gasteiger charge is 2.48. The zero-order chi connectivity index (χ0) is 31.1. The molecule has 9 heteroatoms. The molecule has 0 unspecified atom stereocenters. The molecule has 0 amide bonds. The third kappa shape index (κ3) is 4.29. The topological polar surface area (TPSA) is 81.9 Å². The van der Waals surface area contributed by atoms with Crippen molar-refractivity contribution in [3.8, 4) is 23.1 Å². The van der Waals surface area contributed by atoms with Gasteiger partial charge in [0, 0.05) is 64.4 Å². The molecule has 2 N–H and O–H groups in total. The molecule has 9 rings (SSSR count). The molecule has 3 aromatic heterocycles. The van der Waals surface area contributed by atoms with Gasteiger partial charge in [-0.25, -0.2) is 13.8 Å². The quantitative estimate of drug-likeness (QED) is 0.206. The summed E-state index contributed by atoms with van der Waals surface area (Å²) in [5.41, 5.74) is 5.17. The second-order valence-electron chi connectivity index (χ2n) is 13.5. The summed E-state index contributed by atoms with van der Waals surface area (Å²) in [6.45, 7) is 7.94. The number of H-pyrrole nitrogens is 1. The normalized spacial score (nSPS) is 23.7. The summed E-state index contributed by atoms with van der Waals surface area (Å²) in [4.78, 5) is 10.4. The minimum absolute atomic E-state index is 0.125. The number of nitrogens with one attached hydrogen (secondary N) is 2. The molecule has 6 heterocycles. The van der Waals surface area contributed by atoms with E-state index in [1.165, 1.54) is 6.07 Å². The van der Waals surface area contributed by atoms with Crippen LogP contribution in [-0.4, -0.2) is 57.8 Å². The second kappa shape index (κ2) is 10.5. The van der Waals surface area contributed by atoms with Crippen LogP contribution in [0.15, 0.2) is 30.5 Å². The molecule has 7 nitrogen and oxygen atoms in total. The molecule has 1 aliphatic carbocycles. The Hall–Kier alpha value is -4.00. The lowest BCUT2D eigenvalue weighted by Crippen LogP contribution is -2.39. The summed E-state index contributed by atoms with van der Waals surface area (Å²) in [7, 11) is 2.13. The van der Waals surface area contributed by atoms with Crippen LogP contribution < -0.4 is 10.1 Å². The van der Waals surface area contributed by atoms with Gasteiger partial charge in [0.15, 0.2) is 5.82 Å². The summed E-state index contributed by atoms with van der Waals surface area (Å²) in [5, 5.41) is 15.6. The predicted molar refractivity (Wildman–Crippen MR) is 173 cm³/mol. The van der Waals surface area contributed by atoms with Crippen LogP contribution in [0.25, 0.3) is 43.8 Å². The van der Waals surface area contributed by atoms with Crippen molar-refractivity contribution >= 4 is 32.7 Å². The van der Waals surface area contributed by atoms with Crippen molar-refractivity contribution in [2.45, 2.75) is 77.1 Å². The monoisotopic (exact) mass is 608 g/mol. The number of nitrogens with zero attached hydrogens (tertiary/aromatic N) is 4. The van der Waals surface area contributed by atoms with Crippen LogP contribution in [0.3, 0.4) is 0 Å². The third-order valence-corrected chi connectivity index (χ3v) is 10.8. The number of aromatic amines is 1. The Morgan fingerprint density at radius 2 is 2.00 bits per heavy atom. The number of hydrogen-bond acceptors (Lipinski definition) is 5. The van der Waals surface area contributed by atoms with Gasteiger partial charge >= 0.3 is 0 Å². The van der Waals surface area contributed by atoms with Gasteiger partial charge in [-0.05, 0) is 101 Å². The molecular weight excluding hydrogens is 570 g/mol. The summed E-state index contributed by atoms with van der Waals surface area (Å²) in [6.07, 6.45) is 5.56. The number of likely N-dealkylation sites (tertiary alicyclic amines) is 1. The first-order chi connectivity index (χ1) is 21.7. The molecule has 232 valence electrons. The highest BCUT2D eigenvalue weighted by Crippen LogP contribution is 2.49. The van der Waals surface area contributed by atoms with Gasteiger partial charge in [0.25, 0.3) is 0 Å². The number of ether oxygens (including phenoxy) is 1.